The van der Waals surface area contributed by atoms with Crippen molar-refractivity contribution in [3.8, 4) is 0 Å². The fourth-order valence-corrected chi connectivity index (χ4v) is 2.24. The molecule has 1 heterocycles. The molecular weight excluding hydrogens is 180 g/mol. The van der Waals surface area contributed by atoms with Crippen LogP contribution >= 0.6 is 11.3 Å². The smallest absolute Gasteiger partial charge is 0.0615 e. The van der Waals surface area contributed by atoms with Crippen LogP contribution in [0.25, 0.3) is 16.2 Å². The van der Waals surface area contributed by atoms with Crippen LogP contribution in [-0.4, -0.2) is 11.7 Å². The summed E-state index contributed by atoms with van der Waals surface area (Å²) in [5.74, 6) is 0. The number of aliphatic hydroxyl groups excluding tert-OH is 1. The van der Waals surface area contributed by atoms with Gasteiger partial charge in [0.2, 0.25) is 0 Å². The number of fused-ring (bicyclic) bond motifs is 1. The van der Waals surface area contributed by atoms with Gasteiger partial charge < -0.3 is 5.11 Å². The van der Waals surface area contributed by atoms with Gasteiger partial charge in [-0.05, 0) is 22.4 Å². The van der Waals surface area contributed by atoms with Crippen LogP contribution in [0.15, 0.2) is 35.7 Å². The Bertz CT molecular complexity index is 428. The van der Waals surface area contributed by atoms with Crippen LogP contribution in [0, 0.1) is 0 Å². The van der Waals surface area contributed by atoms with Crippen molar-refractivity contribution in [2.45, 2.75) is 0 Å². The van der Waals surface area contributed by atoms with Gasteiger partial charge >= 0.3 is 0 Å². The van der Waals surface area contributed by atoms with E-state index in [0.29, 0.717) is 0 Å². The minimum Gasteiger partial charge on any atom is -0.392 e. The molecule has 0 aliphatic heterocycles. The molecule has 0 unspecified atom stereocenters. The first-order chi connectivity index (χ1) is 6.42. The Kier molecular flexibility index (Phi) is 2.43. The van der Waals surface area contributed by atoms with Gasteiger partial charge in [-0.2, -0.15) is 0 Å². The molecule has 1 aromatic carbocycles. The molecule has 0 radical (unpaired) electrons. The standard InChI is InChI=1S/C11H10OS/c12-7-3-4-9-8-13-11-6-2-1-5-10(9)11/h1-6,8,12H,7H2/b4-3+. The number of hydrogen-bond acceptors (Lipinski definition) is 2. The van der Waals surface area contributed by atoms with Gasteiger partial charge in [-0.1, -0.05) is 30.4 Å². The SMILES string of the molecule is OC/C=C/c1csc2ccccc12. The molecule has 1 nitrogen and oxygen atoms in total. The predicted octanol–water partition coefficient (Wildman–Crippen LogP) is 2.91. The summed E-state index contributed by atoms with van der Waals surface area (Å²) in [6.45, 7) is 0.101. The van der Waals surface area contributed by atoms with E-state index in [0.717, 1.165) is 0 Å². The van der Waals surface area contributed by atoms with Gasteiger partial charge in [-0.15, -0.1) is 11.3 Å². The quantitative estimate of drug-likeness (QED) is 0.772. The van der Waals surface area contributed by atoms with Crippen molar-refractivity contribution < 1.29 is 5.11 Å². The molecule has 2 heteroatoms. The van der Waals surface area contributed by atoms with E-state index in [-0.39, 0.29) is 6.61 Å². The first-order valence-corrected chi connectivity index (χ1v) is 5.03. The van der Waals surface area contributed by atoms with E-state index >= 15 is 0 Å². The first kappa shape index (κ1) is 8.48. The first-order valence-electron chi connectivity index (χ1n) is 4.15. The van der Waals surface area contributed by atoms with E-state index < -0.39 is 0 Å². The molecule has 2 rings (SSSR count). The van der Waals surface area contributed by atoms with Crippen LogP contribution < -0.4 is 0 Å². The second kappa shape index (κ2) is 3.73. The van der Waals surface area contributed by atoms with Gasteiger partial charge in [0.15, 0.2) is 0 Å². The van der Waals surface area contributed by atoms with Crippen LogP contribution in [0.3, 0.4) is 0 Å². The molecule has 1 N–H and O–H groups in total. The Balaban J connectivity index is 2.52. The van der Waals surface area contributed by atoms with Gasteiger partial charge in [0, 0.05) is 4.70 Å². The maximum Gasteiger partial charge on any atom is 0.0615 e. The molecule has 0 atom stereocenters. The van der Waals surface area contributed by atoms with Gasteiger partial charge in [0.25, 0.3) is 0 Å². The number of aliphatic hydroxyl groups is 1. The van der Waals surface area contributed by atoms with Crippen LogP contribution in [0.5, 0.6) is 0 Å². The zero-order valence-electron chi connectivity index (χ0n) is 7.10. The van der Waals surface area contributed by atoms with Crippen LogP contribution in [-0.2, 0) is 0 Å². The highest BCUT2D eigenvalue weighted by molar-refractivity contribution is 7.17. The largest absolute Gasteiger partial charge is 0.392 e. The molecule has 0 bridgehead atoms. The van der Waals surface area contributed by atoms with Crippen molar-refractivity contribution >= 4 is 27.5 Å². The van der Waals surface area contributed by atoms with Crippen molar-refractivity contribution in [2.24, 2.45) is 0 Å². The van der Waals surface area contributed by atoms with E-state index in [1.807, 2.05) is 18.2 Å². The second-order valence-electron chi connectivity index (χ2n) is 2.77. The van der Waals surface area contributed by atoms with Crippen molar-refractivity contribution in [2.75, 3.05) is 6.61 Å². The van der Waals surface area contributed by atoms with Crippen LogP contribution in [0.4, 0.5) is 0 Å². The lowest BCUT2D eigenvalue weighted by atomic mass is 10.2. The Hall–Kier alpha value is -1.12. The fraction of sp³-hybridized carbons (Fsp3) is 0.0909. The maximum absolute atomic E-state index is 8.65. The normalized spacial score (nSPS) is 11.5. The minimum absolute atomic E-state index is 0.101. The van der Waals surface area contributed by atoms with Crippen molar-refractivity contribution in [1.82, 2.24) is 0 Å². The molecule has 13 heavy (non-hydrogen) atoms. The van der Waals surface area contributed by atoms with Crippen LogP contribution in [0.2, 0.25) is 0 Å². The summed E-state index contributed by atoms with van der Waals surface area (Å²) in [7, 11) is 0. The summed E-state index contributed by atoms with van der Waals surface area (Å²) >= 11 is 1.73. The molecule has 0 saturated heterocycles. The molecule has 0 spiro atoms. The summed E-state index contributed by atoms with van der Waals surface area (Å²) in [4.78, 5) is 0. The lowest BCUT2D eigenvalue weighted by molar-refractivity contribution is 0.343. The van der Waals surface area contributed by atoms with Crippen LogP contribution in [0.1, 0.15) is 5.56 Å². The predicted molar refractivity (Wildman–Crippen MR) is 57.9 cm³/mol. The molecular formula is C11H10OS. The summed E-state index contributed by atoms with van der Waals surface area (Å²) < 4.78 is 1.29. The van der Waals surface area contributed by atoms with E-state index in [2.05, 4.69) is 17.5 Å². The lowest BCUT2D eigenvalue weighted by Gasteiger charge is -1.89. The molecule has 0 fully saturated rings. The molecule has 2 aromatic rings. The topological polar surface area (TPSA) is 20.2 Å². The Morgan fingerprint density at radius 1 is 1.31 bits per heavy atom. The number of benzene rings is 1. The minimum atomic E-state index is 0.101. The summed E-state index contributed by atoms with van der Waals surface area (Å²) in [5, 5.41) is 12.0. The average Bonchev–Trinajstić information content (AvgIpc) is 2.58. The van der Waals surface area contributed by atoms with E-state index in [1.54, 1.807) is 17.4 Å². The lowest BCUT2D eigenvalue weighted by Crippen LogP contribution is -1.71. The number of thiophene rings is 1. The molecule has 0 amide bonds. The third-order valence-electron chi connectivity index (χ3n) is 1.91. The zero-order chi connectivity index (χ0) is 9.10. The monoisotopic (exact) mass is 190 g/mol. The third-order valence-corrected chi connectivity index (χ3v) is 2.90. The van der Waals surface area contributed by atoms with E-state index in [4.69, 9.17) is 5.11 Å². The fourth-order valence-electron chi connectivity index (χ4n) is 1.31. The van der Waals surface area contributed by atoms with Gasteiger partial charge in [-0.25, -0.2) is 0 Å². The molecule has 0 aliphatic rings. The number of hydrogen-bond donors (Lipinski definition) is 1. The van der Waals surface area contributed by atoms with Crippen molar-refractivity contribution in [3.05, 3.63) is 41.3 Å². The van der Waals surface area contributed by atoms with Gasteiger partial charge in [0.05, 0.1) is 6.61 Å². The molecule has 0 aliphatic carbocycles. The molecule has 1 aromatic heterocycles. The highest BCUT2D eigenvalue weighted by Crippen LogP contribution is 2.26. The third kappa shape index (κ3) is 1.64. The highest BCUT2D eigenvalue weighted by Gasteiger charge is 1.98. The Labute approximate surface area is 81.0 Å². The molecule has 66 valence electrons. The number of rotatable bonds is 2. The summed E-state index contributed by atoms with van der Waals surface area (Å²) in [6.07, 6.45) is 3.72. The average molecular weight is 190 g/mol. The van der Waals surface area contributed by atoms with Crippen molar-refractivity contribution in [1.29, 1.82) is 0 Å². The van der Waals surface area contributed by atoms with Crippen molar-refractivity contribution in [3.63, 3.8) is 0 Å². The van der Waals surface area contributed by atoms with E-state index in [9.17, 15) is 0 Å². The Morgan fingerprint density at radius 2 is 2.15 bits per heavy atom. The summed E-state index contributed by atoms with van der Waals surface area (Å²) in [6, 6.07) is 8.28. The zero-order valence-corrected chi connectivity index (χ0v) is 7.92. The van der Waals surface area contributed by atoms with Gasteiger partial charge in [0.1, 0.15) is 0 Å². The summed E-state index contributed by atoms with van der Waals surface area (Å²) in [5.41, 5.74) is 1.19. The van der Waals surface area contributed by atoms with E-state index in [1.165, 1.54) is 15.6 Å². The highest BCUT2D eigenvalue weighted by atomic mass is 32.1. The second-order valence-corrected chi connectivity index (χ2v) is 3.68. The molecule has 0 saturated carbocycles. The van der Waals surface area contributed by atoms with Gasteiger partial charge in [-0.3, -0.25) is 0 Å². The Morgan fingerprint density at radius 3 is 3.00 bits per heavy atom. The maximum atomic E-state index is 8.65.